The average Bonchev–Trinajstić information content (AvgIpc) is 2.43. The summed E-state index contributed by atoms with van der Waals surface area (Å²) in [6.07, 6.45) is 0. The fourth-order valence-electron chi connectivity index (χ4n) is 1.22. The minimum atomic E-state index is -0.692. The molecule has 0 fully saturated rings. The van der Waals surface area contributed by atoms with Gasteiger partial charge in [-0.3, -0.25) is 0 Å². The summed E-state index contributed by atoms with van der Waals surface area (Å²) in [5.74, 6) is -1.26. The van der Waals surface area contributed by atoms with Crippen molar-refractivity contribution >= 4 is 39.1 Å². The number of alkyl halides is 1. The molecular weight excluding hydrogens is 389 g/mol. The van der Waals surface area contributed by atoms with E-state index in [1.165, 1.54) is 24.3 Å². The molecule has 2 aromatic rings. The van der Waals surface area contributed by atoms with Gasteiger partial charge in [0.05, 0.1) is 6.61 Å². The minimum absolute atomic E-state index is 0.235. The fourth-order valence-corrected chi connectivity index (χ4v) is 1.70. The summed E-state index contributed by atoms with van der Waals surface area (Å²) in [7, 11) is 0. The van der Waals surface area contributed by atoms with Crippen LogP contribution < -0.4 is 4.74 Å². The zero-order valence-corrected chi connectivity index (χ0v) is 13.7. The first kappa shape index (κ1) is 18.0. The zero-order chi connectivity index (χ0) is 15.8. The predicted molar refractivity (Wildman–Crippen MR) is 83.8 cm³/mol. The van der Waals surface area contributed by atoms with Crippen molar-refractivity contribution in [1.29, 1.82) is 0 Å². The highest BCUT2D eigenvalue weighted by Gasteiger charge is 2.02. The molecule has 21 heavy (non-hydrogen) atoms. The molecular formula is C14H11BrCl2F2O2. The highest BCUT2D eigenvalue weighted by atomic mass is 79.9. The Bertz CT molecular complexity index is 597. The highest BCUT2D eigenvalue weighted by molar-refractivity contribution is 9.09. The van der Waals surface area contributed by atoms with Gasteiger partial charge in [-0.1, -0.05) is 39.1 Å². The van der Waals surface area contributed by atoms with Crippen LogP contribution in [0.4, 0.5) is 8.78 Å². The van der Waals surface area contributed by atoms with Gasteiger partial charge < -0.3 is 9.84 Å². The van der Waals surface area contributed by atoms with Gasteiger partial charge in [0.2, 0.25) is 0 Å². The topological polar surface area (TPSA) is 29.5 Å². The van der Waals surface area contributed by atoms with Gasteiger partial charge >= 0.3 is 0 Å². The van der Waals surface area contributed by atoms with E-state index in [1.807, 2.05) is 0 Å². The van der Waals surface area contributed by atoms with Crippen LogP contribution in [-0.2, 0) is 0 Å². The Morgan fingerprint density at radius 1 is 1.00 bits per heavy atom. The van der Waals surface area contributed by atoms with Crippen molar-refractivity contribution in [3.05, 3.63) is 58.1 Å². The van der Waals surface area contributed by atoms with Crippen molar-refractivity contribution in [1.82, 2.24) is 0 Å². The summed E-state index contributed by atoms with van der Waals surface area (Å²) in [5.41, 5.74) is 0. The van der Waals surface area contributed by atoms with Crippen molar-refractivity contribution in [3.8, 4) is 11.5 Å². The van der Waals surface area contributed by atoms with Gasteiger partial charge in [-0.05, 0) is 36.4 Å². The Labute approximate surface area is 139 Å². The molecule has 2 nitrogen and oxygen atoms in total. The Kier molecular flexibility index (Phi) is 7.78. The number of phenols is 1. The Morgan fingerprint density at radius 2 is 1.57 bits per heavy atom. The maximum absolute atomic E-state index is 12.9. The smallest absolute Gasteiger partial charge is 0.166 e. The van der Waals surface area contributed by atoms with Crippen molar-refractivity contribution in [3.63, 3.8) is 0 Å². The molecule has 114 valence electrons. The van der Waals surface area contributed by atoms with E-state index in [9.17, 15) is 8.78 Å². The SMILES string of the molecule is Fc1cc(Cl)ccc1OCCBr.Oc1ccc(Cl)cc1F. The fraction of sp³-hybridized carbons (Fsp3) is 0.143. The number of aromatic hydroxyl groups is 1. The zero-order valence-electron chi connectivity index (χ0n) is 10.6. The van der Waals surface area contributed by atoms with E-state index >= 15 is 0 Å². The summed E-state index contributed by atoms with van der Waals surface area (Å²) in [5, 5.41) is 9.94. The second-order valence-corrected chi connectivity index (χ2v) is 5.37. The molecule has 0 amide bonds. The van der Waals surface area contributed by atoms with Crippen LogP contribution >= 0.6 is 39.1 Å². The first-order valence-electron chi connectivity index (χ1n) is 5.72. The van der Waals surface area contributed by atoms with Crippen LogP contribution in [0.3, 0.4) is 0 Å². The first-order chi connectivity index (χ1) is 9.93. The third-order valence-electron chi connectivity index (χ3n) is 2.14. The van der Waals surface area contributed by atoms with Crippen LogP contribution in [0, 0.1) is 11.6 Å². The lowest BCUT2D eigenvalue weighted by molar-refractivity contribution is 0.326. The quantitative estimate of drug-likeness (QED) is 0.696. The number of benzene rings is 2. The van der Waals surface area contributed by atoms with Gasteiger partial charge in [-0.25, -0.2) is 8.78 Å². The molecule has 0 atom stereocenters. The molecule has 0 radical (unpaired) electrons. The Morgan fingerprint density at radius 3 is 2.05 bits per heavy atom. The summed E-state index contributed by atoms with van der Waals surface area (Å²) < 4.78 is 30.3. The minimum Gasteiger partial charge on any atom is -0.505 e. The van der Waals surface area contributed by atoms with E-state index in [1.54, 1.807) is 6.07 Å². The van der Waals surface area contributed by atoms with Crippen LogP contribution in [0.5, 0.6) is 11.5 Å². The maximum atomic E-state index is 12.9. The summed E-state index contributed by atoms with van der Waals surface area (Å²) in [6.45, 7) is 0.443. The van der Waals surface area contributed by atoms with Crippen molar-refractivity contribution in [2.45, 2.75) is 0 Å². The lowest BCUT2D eigenvalue weighted by Crippen LogP contribution is -1.99. The number of hydrogen-bond acceptors (Lipinski definition) is 2. The van der Waals surface area contributed by atoms with E-state index in [-0.39, 0.29) is 16.5 Å². The van der Waals surface area contributed by atoms with E-state index in [4.69, 9.17) is 33.0 Å². The molecule has 0 aromatic heterocycles. The van der Waals surface area contributed by atoms with E-state index in [0.29, 0.717) is 17.0 Å². The molecule has 0 heterocycles. The van der Waals surface area contributed by atoms with Gasteiger partial charge in [-0.15, -0.1) is 0 Å². The van der Waals surface area contributed by atoms with Crippen LogP contribution in [0.15, 0.2) is 36.4 Å². The molecule has 2 aromatic carbocycles. The van der Waals surface area contributed by atoms with Crippen molar-refractivity contribution < 1.29 is 18.6 Å². The highest BCUT2D eigenvalue weighted by Crippen LogP contribution is 2.21. The molecule has 2 rings (SSSR count). The number of hydrogen-bond donors (Lipinski definition) is 1. The molecule has 0 aliphatic rings. The molecule has 7 heteroatoms. The van der Waals surface area contributed by atoms with E-state index < -0.39 is 11.6 Å². The summed E-state index contributed by atoms with van der Waals surface area (Å²) >= 11 is 14.1. The Balaban J connectivity index is 0.000000219. The molecule has 0 unspecified atom stereocenters. The number of rotatable bonds is 3. The van der Waals surface area contributed by atoms with Gasteiger partial charge in [0.1, 0.15) is 0 Å². The second kappa shape index (κ2) is 9.07. The van der Waals surface area contributed by atoms with Gasteiger partial charge in [0.25, 0.3) is 0 Å². The molecule has 0 spiro atoms. The van der Waals surface area contributed by atoms with Crippen LogP contribution in [0.1, 0.15) is 0 Å². The van der Waals surface area contributed by atoms with E-state index in [0.717, 1.165) is 6.07 Å². The lowest BCUT2D eigenvalue weighted by Gasteiger charge is -2.04. The molecule has 0 saturated heterocycles. The van der Waals surface area contributed by atoms with Gasteiger partial charge in [0.15, 0.2) is 23.1 Å². The summed E-state index contributed by atoms with van der Waals surface area (Å²) in [4.78, 5) is 0. The monoisotopic (exact) mass is 398 g/mol. The second-order valence-electron chi connectivity index (χ2n) is 3.71. The van der Waals surface area contributed by atoms with Crippen LogP contribution in [-0.4, -0.2) is 17.0 Å². The molecule has 0 aliphatic carbocycles. The molecule has 0 saturated carbocycles. The first-order valence-corrected chi connectivity index (χ1v) is 7.59. The average molecular weight is 400 g/mol. The standard InChI is InChI=1S/C8H7BrClFO.C6H4ClFO/c9-3-4-12-8-2-1-6(10)5-7(8)11;7-4-1-2-6(9)5(8)3-4/h1-2,5H,3-4H2;1-3,9H. The van der Waals surface area contributed by atoms with Gasteiger partial charge in [0, 0.05) is 15.4 Å². The number of ether oxygens (including phenoxy) is 1. The lowest BCUT2D eigenvalue weighted by atomic mass is 10.3. The summed E-state index contributed by atoms with van der Waals surface area (Å²) in [6, 6.07) is 8.01. The third-order valence-corrected chi connectivity index (χ3v) is 2.93. The van der Waals surface area contributed by atoms with Gasteiger partial charge in [-0.2, -0.15) is 0 Å². The molecule has 0 bridgehead atoms. The predicted octanol–water partition coefficient (Wildman–Crippen LogP) is 5.44. The van der Waals surface area contributed by atoms with Crippen LogP contribution in [0.25, 0.3) is 0 Å². The van der Waals surface area contributed by atoms with Crippen molar-refractivity contribution in [2.75, 3.05) is 11.9 Å². The van der Waals surface area contributed by atoms with Crippen molar-refractivity contribution in [2.24, 2.45) is 0 Å². The largest absolute Gasteiger partial charge is 0.505 e. The maximum Gasteiger partial charge on any atom is 0.166 e. The van der Waals surface area contributed by atoms with E-state index in [2.05, 4.69) is 15.9 Å². The number of phenolic OH excluding ortho intramolecular Hbond substituents is 1. The normalized spacial score (nSPS) is 9.76. The third kappa shape index (κ3) is 6.50. The Hall–Kier alpha value is -1.04. The molecule has 0 aliphatic heterocycles. The number of halogens is 5. The van der Waals surface area contributed by atoms with Crippen LogP contribution in [0.2, 0.25) is 10.0 Å². The molecule has 1 N–H and O–H groups in total.